The van der Waals surface area contributed by atoms with E-state index in [1.807, 2.05) is 6.92 Å². The van der Waals surface area contributed by atoms with E-state index >= 15 is 0 Å². The van der Waals surface area contributed by atoms with Crippen molar-refractivity contribution in [1.82, 2.24) is 0 Å². The average Bonchev–Trinajstić information content (AvgIpc) is 2.70. The van der Waals surface area contributed by atoms with Crippen molar-refractivity contribution >= 4 is 11.8 Å². The molecule has 0 bridgehead atoms. The van der Waals surface area contributed by atoms with E-state index in [0.29, 0.717) is 13.0 Å². The first-order valence-corrected chi connectivity index (χ1v) is 12.1. The lowest BCUT2D eigenvalue weighted by atomic mass is 9.93. The van der Waals surface area contributed by atoms with Crippen LogP contribution >= 0.6 is 0 Å². The molecule has 0 heterocycles. The van der Waals surface area contributed by atoms with Crippen LogP contribution in [0.5, 0.6) is 0 Å². The molecule has 170 valence electrons. The van der Waals surface area contributed by atoms with Crippen molar-refractivity contribution in [2.75, 3.05) is 6.61 Å². The minimum absolute atomic E-state index is 0.211. The molecule has 4 nitrogen and oxygen atoms in total. The van der Waals surface area contributed by atoms with Crippen LogP contribution in [0.15, 0.2) is 12.2 Å². The largest absolute Gasteiger partial charge is 0.464 e. The van der Waals surface area contributed by atoms with Crippen LogP contribution in [0.25, 0.3) is 0 Å². The van der Waals surface area contributed by atoms with E-state index < -0.39 is 11.5 Å². The molecule has 4 heteroatoms. The summed E-state index contributed by atoms with van der Waals surface area (Å²) >= 11 is 0. The molecular weight excluding hydrogens is 362 g/mol. The molecule has 0 aromatic rings. The van der Waals surface area contributed by atoms with Gasteiger partial charge in [-0.3, -0.25) is 4.79 Å². The summed E-state index contributed by atoms with van der Waals surface area (Å²) < 4.78 is 5.11. The lowest BCUT2D eigenvalue weighted by Crippen LogP contribution is -2.53. The molecule has 0 aliphatic rings. The SMILES string of the molecule is CCCCCCCC/C=C\CCCCCCCC(=O)C(C)(N)C(=O)OCCCC. The summed E-state index contributed by atoms with van der Waals surface area (Å²) in [4.78, 5) is 24.2. The minimum atomic E-state index is -1.51. The number of unbranched alkanes of at least 4 members (excludes halogenated alkanes) is 12. The highest BCUT2D eigenvalue weighted by Crippen LogP contribution is 2.14. The topological polar surface area (TPSA) is 69.4 Å². The molecule has 0 aromatic heterocycles. The van der Waals surface area contributed by atoms with Gasteiger partial charge in [0.05, 0.1) is 6.61 Å². The minimum Gasteiger partial charge on any atom is -0.464 e. The Hall–Kier alpha value is -1.16. The highest BCUT2D eigenvalue weighted by Gasteiger charge is 2.37. The molecule has 0 saturated carbocycles. The van der Waals surface area contributed by atoms with Crippen LogP contribution in [0.3, 0.4) is 0 Å². The number of ketones is 1. The number of esters is 1. The van der Waals surface area contributed by atoms with Crippen LogP contribution in [0, 0.1) is 0 Å². The monoisotopic (exact) mass is 409 g/mol. The first kappa shape index (κ1) is 27.8. The Kier molecular flexibility index (Phi) is 18.1. The van der Waals surface area contributed by atoms with Crippen molar-refractivity contribution in [1.29, 1.82) is 0 Å². The summed E-state index contributed by atoms with van der Waals surface area (Å²) in [5, 5.41) is 0. The van der Waals surface area contributed by atoms with Gasteiger partial charge in [-0.2, -0.15) is 0 Å². The number of allylic oxidation sites excluding steroid dienone is 2. The van der Waals surface area contributed by atoms with Gasteiger partial charge in [-0.25, -0.2) is 4.79 Å². The van der Waals surface area contributed by atoms with Crippen molar-refractivity contribution < 1.29 is 14.3 Å². The van der Waals surface area contributed by atoms with E-state index in [4.69, 9.17) is 10.5 Å². The number of carbonyl (C=O) groups excluding carboxylic acids is 2. The Labute approximate surface area is 180 Å². The molecule has 1 atom stereocenters. The Morgan fingerprint density at radius 1 is 0.759 bits per heavy atom. The van der Waals surface area contributed by atoms with Crippen LogP contribution in [0.4, 0.5) is 0 Å². The van der Waals surface area contributed by atoms with E-state index in [2.05, 4.69) is 19.1 Å². The number of Topliss-reactive ketones (excluding diaryl/α,β-unsaturated/α-hetero) is 1. The predicted molar refractivity (Wildman–Crippen MR) is 123 cm³/mol. The Bertz CT molecular complexity index is 443. The summed E-state index contributed by atoms with van der Waals surface area (Å²) in [5.74, 6) is -0.805. The molecule has 1 unspecified atom stereocenters. The van der Waals surface area contributed by atoms with E-state index in [1.165, 1.54) is 64.7 Å². The number of rotatable bonds is 20. The van der Waals surface area contributed by atoms with Gasteiger partial charge in [-0.15, -0.1) is 0 Å². The van der Waals surface area contributed by atoms with Crippen LogP contribution < -0.4 is 5.73 Å². The second kappa shape index (κ2) is 18.8. The fourth-order valence-corrected chi connectivity index (χ4v) is 3.19. The van der Waals surface area contributed by atoms with Crippen LogP contribution in [-0.4, -0.2) is 23.9 Å². The third-order valence-corrected chi connectivity index (χ3v) is 5.40. The first-order valence-electron chi connectivity index (χ1n) is 12.1. The fraction of sp³-hybridized carbons (Fsp3) is 0.840. The molecule has 0 rings (SSSR count). The lowest BCUT2D eigenvalue weighted by molar-refractivity contribution is -0.153. The zero-order valence-corrected chi connectivity index (χ0v) is 19.5. The molecule has 0 fully saturated rings. The molecule has 0 aliphatic carbocycles. The molecule has 29 heavy (non-hydrogen) atoms. The molecular formula is C25H47NO3. The highest BCUT2D eigenvalue weighted by molar-refractivity contribution is 6.07. The average molecular weight is 410 g/mol. The molecule has 0 radical (unpaired) electrons. The standard InChI is InChI=1S/C25H47NO3/c1-4-6-8-9-10-11-12-13-14-15-16-17-18-19-20-21-23(27)25(3,26)24(28)29-22-7-5-2/h13-14H,4-12,15-22,26H2,1-3H3/b14-13-. The van der Waals surface area contributed by atoms with Crippen molar-refractivity contribution in [3.8, 4) is 0 Å². The van der Waals surface area contributed by atoms with Gasteiger partial charge in [0.2, 0.25) is 0 Å². The van der Waals surface area contributed by atoms with Gasteiger partial charge in [0.15, 0.2) is 11.3 Å². The van der Waals surface area contributed by atoms with Crippen molar-refractivity contribution in [3.05, 3.63) is 12.2 Å². The zero-order chi connectivity index (χ0) is 21.8. The smallest absolute Gasteiger partial charge is 0.333 e. The second-order valence-corrected chi connectivity index (χ2v) is 8.45. The number of nitrogens with two attached hydrogens (primary N) is 1. The van der Waals surface area contributed by atoms with E-state index in [0.717, 1.165) is 38.5 Å². The zero-order valence-electron chi connectivity index (χ0n) is 19.5. The molecule has 0 aromatic carbocycles. The third-order valence-electron chi connectivity index (χ3n) is 5.40. The summed E-state index contributed by atoms with van der Waals surface area (Å²) in [6.45, 7) is 6.09. The number of ether oxygens (including phenoxy) is 1. The van der Waals surface area contributed by atoms with Gasteiger partial charge in [0.25, 0.3) is 0 Å². The molecule has 2 N–H and O–H groups in total. The molecule has 0 amide bonds. The van der Waals surface area contributed by atoms with Crippen molar-refractivity contribution in [3.63, 3.8) is 0 Å². The van der Waals surface area contributed by atoms with Crippen LogP contribution in [0.2, 0.25) is 0 Å². The van der Waals surface area contributed by atoms with Gasteiger partial charge in [-0.05, 0) is 45.4 Å². The quantitative estimate of drug-likeness (QED) is 0.106. The van der Waals surface area contributed by atoms with Gasteiger partial charge in [0, 0.05) is 6.42 Å². The molecule has 0 spiro atoms. The summed E-state index contributed by atoms with van der Waals surface area (Å²) in [5.41, 5.74) is 4.41. The first-order chi connectivity index (χ1) is 14.0. The number of hydrogen-bond donors (Lipinski definition) is 1. The maximum atomic E-state index is 12.2. The number of carbonyl (C=O) groups is 2. The third kappa shape index (κ3) is 15.4. The Morgan fingerprint density at radius 3 is 1.79 bits per heavy atom. The van der Waals surface area contributed by atoms with Crippen molar-refractivity contribution in [2.45, 2.75) is 129 Å². The highest BCUT2D eigenvalue weighted by atomic mass is 16.5. The Morgan fingerprint density at radius 2 is 1.24 bits per heavy atom. The van der Waals surface area contributed by atoms with E-state index in [-0.39, 0.29) is 5.78 Å². The summed E-state index contributed by atoms with van der Waals surface area (Å²) in [6.07, 6.45) is 22.6. The van der Waals surface area contributed by atoms with E-state index in [9.17, 15) is 9.59 Å². The van der Waals surface area contributed by atoms with Gasteiger partial charge in [0.1, 0.15) is 0 Å². The molecule has 0 saturated heterocycles. The normalized spacial score (nSPS) is 13.5. The maximum absolute atomic E-state index is 12.2. The second-order valence-electron chi connectivity index (χ2n) is 8.45. The predicted octanol–water partition coefficient (Wildman–Crippen LogP) is 6.65. The molecule has 0 aliphatic heterocycles. The fourth-order valence-electron chi connectivity index (χ4n) is 3.19. The van der Waals surface area contributed by atoms with E-state index in [1.54, 1.807) is 0 Å². The van der Waals surface area contributed by atoms with Gasteiger partial charge < -0.3 is 10.5 Å². The number of hydrogen-bond acceptors (Lipinski definition) is 4. The lowest BCUT2D eigenvalue weighted by Gasteiger charge is -2.21. The Balaban J connectivity index is 3.60. The van der Waals surface area contributed by atoms with Crippen molar-refractivity contribution in [2.24, 2.45) is 5.73 Å². The van der Waals surface area contributed by atoms with Gasteiger partial charge in [-0.1, -0.05) is 83.8 Å². The van der Waals surface area contributed by atoms with Crippen LogP contribution in [0.1, 0.15) is 124 Å². The summed E-state index contributed by atoms with van der Waals surface area (Å²) in [7, 11) is 0. The van der Waals surface area contributed by atoms with Crippen LogP contribution in [-0.2, 0) is 14.3 Å². The maximum Gasteiger partial charge on any atom is 0.333 e. The van der Waals surface area contributed by atoms with Gasteiger partial charge >= 0.3 is 5.97 Å². The summed E-state index contributed by atoms with van der Waals surface area (Å²) in [6, 6.07) is 0.